The molecule has 0 aliphatic rings. The van der Waals surface area contributed by atoms with Gasteiger partial charge in [-0.15, -0.1) is 0 Å². The molecule has 9 nitrogen and oxygen atoms in total. The highest BCUT2D eigenvalue weighted by Gasteiger charge is 2.22. The lowest BCUT2D eigenvalue weighted by Crippen LogP contribution is -2.37. The summed E-state index contributed by atoms with van der Waals surface area (Å²) in [6.07, 6.45) is 0. The van der Waals surface area contributed by atoms with E-state index >= 15 is 0 Å². The zero-order valence-electron chi connectivity index (χ0n) is 13.7. The number of carbonyl (C=O) groups is 2. The van der Waals surface area contributed by atoms with E-state index in [1.54, 1.807) is 36.8 Å². The van der Waals surface area contributed by atoms with Crippen molar-refractivity contribution < 1.29 is 22.2 Å². The van der Waals surface area contributed by atoms with Crippen molar-refractivity contribution in [2.24, 2.45) is 0 Å². The highest BCUT2D eigenvalue weighted by atomic mass is 32.2. The van der Waals surface area contributed by atoms with Crippen LogP contribution in [0.25, 0.3) is 0 Å². The van der Waals surface area contributed by atoms with E-state index in [1.165, 1.54) is 12.1 Å². The molecule has 0 spiro atoms. The van der Waals surface area contributed by atoms with Crippen LogP contribution in [0.15, 0.2) is 30.3 Å². The van der Waals surface area contributed by atoms with Gasteiger partial charge in [-0.05, 0) is 38.5 Å². The minimum absolute atomic E-state index is 0.0291. The molecule has 25 heavy (non-hydrogen) atoms. The summed E-state index contributed by atoms with van der Waals surface area (Å²) in [5.74, 6) is -1.18. The molecule has 1 aromatic carbocycles. The molecule has 0 unspecified atom stereocenters. The molecule has 0 bridgehead atoms. The van der Waals surface area contributed by atoms with E-state index in [0.29, 0.717) is 11.4 Å². The monoisotopic (exact) mass is 364 g/mol. The summed E-state index contributed by atoms with van der Waals surface area (Å²) in [6, 6.07) is 6.35. The van der Waals surface area contributed by atoms with Gasteiger partial charge in [-0.2, -0.15) is 8.42 Å². The smallest absolute Gasteiger partial charge is 0.325 e. The van der Waals surface area contributed by atoms with E-state index in [0.717, 1.165) is 5.56 Å². The Balaban J connectivity index is 2.03. The van der Waals surface area contributed by atoms with Crippen LogP contribution in [0.1, 0.15) is 27.3 Å². The quantitative estimate of drug-likeness (QED) is 0.844. The lowest BCUT2D eigenvalue weighted by atomic mass is 10.2. The topological polar surface area (TPSA) is 127 Å². The number of anilines is 1. The zero-order valence-corrected chi connectivity index (χ0v) is 14.5. The lowest BCUT2D eigenvalue weighted by Gasteiger charge is -2.10. The molecule has 132 valence electrons. The van der Waals surface area contributed by atoms with E-state index in [1.807, 2.05) is 6.92 Å². The third-order valence-corrected chi connectivity index (χ3v) is 4.08. The molecular weight excluding hydrogens is 348 g/mol. The van der Waals surface area contributed by atoms with Gasteiger partial charge in [-0.3, -0.25) is 5.32 Å². The van der Waals surface area contributed by atoms with Crippen molar-refractivity contribution in [2.75, 3.05) is 5.32 Å². The van der Waals surface area contributed by atoms with Crippen LogP contribution in [-0.2, 0) is 14.5 Å². The van der Waals surface area contributed by atoms with Crippen molar-refractivity contribution in [2.45, 2.75) is 20.8 Å². The van der Waals surface area contributed by atoms with Crippen LogP contribution in [0.3, 0.4) is 0 Å². The molecule has 2 rings (SSSR count). The molecule has 0 saturated carbocycles. The van der Waals surface area contributed by atoms with E-state index < -0.39 is 22.3 Å². The fourth-order valence-corrected chi connectivity index (χ4v) is 2.43. The van der Waals surface area contributed by atoms with Crippen LogP contribution >= 0.6 is 0 Å². The summed E-state index contributed by atoms with van der Waals surface area (Å²) in [5.41, 5.74) is 2.17. The first-order valence-corrected chi connectivity index (χ1v) is 8.53. The van der Waals surface area contributed by atoms with Gasteiger partial charge in [0.05, 0.1) is 5.56 Å². The van der Waals surface area contributed by atoms with Gasteiger partial charge in [0.15, 0.2) is 0 Å². The van der Waals surface area contributed by atoms with Gasteiger partial charge in [0.1, 0.15) is 0 Å². The minimum atomic E-state index is -4.64. The molecule has 0 saturated heterocycles. The van der Waals surface area contributed by atoms with Crippen molar-refractivity contribution in [1.82, 2.24) is 14.7 Å². The average Bonchev–Trinajstić information content (AvgIpc) is 2.52. The molecule has 0 aliphatic carbocycles. The zero-order chi connectivity index (χ0) is 18.6. The Kier molecular flexibility index (Phi) is 5.32. The van der Waals surface area contributed by atoms with Gasteiger partial charge in [0, 0.05) is 11.4 Å². The van der Waals surface area contributed by atoms with Crippen molar-refractivity contribution >= 4 is 28.3 Å². The fourth-order valence-electron chi connectivity index (χ4n) is 1.81. The second kappa shape index (κ2) is 7.26. The average molecular weight is 364 g/mol. The second-order valence-electron chi connectivity index (χ2n) is 5.09. The second-order valence-corrected chi connectivity index (χ2v) is 6.37. The van der Waals surface area contributed by atoms with Gasteiger partial charge in [0.25, 0.3) is 0 Å². The summed E-state index contributed by atoms with van der Waals surface area (Å²) in [4.78, 5) is 31.6. The van der Waals surface area contributed by atoms with E-state index in [2.05, 4.69) is 19.5 Å². The Hall–Kier alpha value is -3.01. The van der Waals surface area contributed by atoms with Gasteiger partial charge < -0.3 is 4.18 Å². The third kappa shape index (κ3) is 4.98. The largest absolute Gasteiger partial charge is 0.413 e. The van der Waals surface area contributed by atoms with Gasteiger partial charge in [-0.1, -0.05) is 18.2 Å². The molecule has 10 heteroatoms. The first kappa shape index (κ1) is 18.3. The van der Waals surface area contributed by atoms with Crippen LogP contribution in [0.4, 0.5) is 10.7 Å². The van der Waals surface area contributed by atoms with E-state index in [-0.39, 0.29) is 11.5 Å². The van der Waals surface area contributed by atoms with Gasteiger partial charge >= 0.3 is 22.3 Å². The van der Waals surface area contributed by atoms with Crippen molar-refractivity contribution in [3.63, 3.8) is 0 Å². The Morgan fingerprint density at radius 3 is 2.12 bits per heavy atom. The lowest BCUT2D eigenvalue weighted by molar-refractivity contribution is 0.0745. The van der Waals surface area contributed by atoms with Crippen LogP contribution in [-0.4, -0.2) is 30.4 Å². The first-order chi connectivity index (χ1) is 11.7. The highest BCUT2D eigenvalue weighted by Crippen LogP contribution is 2.11. The number of aryl methyl sites for hydroxylation is 2. The Morgan fingerprint density at radius 1 is 1.00 bits per heavy atom. The SMILES string of the molecule is Cc1nc(NC(=O)NS(=O)(=O)OC(=O)c2ccccc2)nc(C)c1C. The number of nitrogens with zero attached hydrogens (tertiary/aromatic N) is 2. The van der Waals surface area contributed by atoms with Crippen molar-refractivity contribution in [1.29, 1.82) is 0 Å². The number of carbonyl (C=O) groups excluding carboxylic acids is 2. The Bertz CT molecular complexity index is 890. The Morgan fingerprint density at radius 2 is 1.56 bits per heavy atom. The predicted octanol–water partition coefficient (Wildman–Crippen LogP) is 1.63. The standard InChI is InChI=1S/C15H16N4O5S/c1-9-10(2)16-14(17-11(9)3)18-15(21)19-25(22,23)24-13(20)12-7-5-4-6-8-12/h4-8H,1-3H3,(H2,16,17,18,19,21). The summed E-state index contributed by atoms with van der Waals surface area (Å²) in [7, 11) is -4.64. The molecule has 0 fully saturated rings. The summed E-state index contributed by atoms with van der Waals surface area (Å²) >= 11 is 0. The number of hydrogen-bond donors (Lipinski definition) is 2. The number of aromatic nitrogens is 2. The van der Waals surface area contributed by atoms with E-state index in [4.69, 9.17) is 0 Å². The van der Waals surface area contributed by atoms with Gasteiger partial charge in [-0.25, -0.2) is 24.3 Å². The first-order valence-electron chi connectivity index (χ1n) is 7.12. The number of benzene rings is 1. The molecule has 2 amide bonds. The highest BCUT2D eigenvalue weighted by molar-refractivity contribution is 7.85. The maximum Gasteiger partial charge on any atom is 0.413 e. The van der Waals surface area contributed by atoms with Crippen LogP contribution in [0, 0.1) is 20.8 Å². The predicted molar refractivity (Wildman–Crippen MR) is 89.2 cm³/mol. The van der Waals surface area contributed by atoms with Crippen molar-refractivity contribution in [3.8, 4) is 0 Å². The summed E-state index contributed by atoms with van der Waals surface area (Å²) in [5, 5.41) is 2.18. The molecule has 0 aliphatic heterocycles. The van der Waals surface area contributed by atoms with Gasteiger partial charge in [0.2, 0.25) is 5.95 Å². The molecule has 0 atom stereocenters. The number of urea groups is 1. The number of rotatable bonds is 4. The summed E-state index contributed by atoms with van der Waals surface area (Å²) < 4.78 is 29.4. The van der Waals surface area contributed by atoms with Crippen LogP contribution < -0.4 is 10.0 Å². The van der Waals surface area contributed by atoms with Crippen molar-refractivity contribution in [3.05, 3.63) is 52.8 Å². The number of amides is 2. The maximum absolute atomic E-state index is 11.8. The Labute approximate surface area is 144 Å². The minimum Gasteiger partial charge on any atom is -0.325 e. The molecule has 1 aromatic heterocycles. The normalized spacial score (nSPS) is 10.8. The molecule has 0 radical (unpaired) electrons. The number of nitrogens with one attached hydrogen (secondary N) is 2. The molecule has 2 N–H and O–H groups in total. The maximum atomic E-state index is 11.8. The molecular formula is C15H16N4O5S. The summed E-state index contributed by atoms with van der Waals surface area (Å²) in [6.45, 7) is 5.28. The van der Waals surface area contributed by atoms with Crippen LogP contribution in [0.2, 0.25) is 0 Å². The molecule has 1 heterocycles. The third-order valence-electron chi connectivity index (χ3n) is 3.27. The molecule has 2 aromatic rings. The fraction of sp³-hybridized carbons (Fsp3) is 0.200. The van der Waals surface area contributed by atoms with Crippen LogP contribution in [0.5, 0.6) is 0 Å². The van der Waals surface area contributed by atoms with E-state index in [9.17, 15) is 18.0 Å². The number of hydrogen-bond acceptors (Lipinski definition) is 7.